The van der Waals surface area contributed by atoms with Gasteiger partial charge in [-0.2, -0.15) is 13.2 Å². The van der Waals surface area contributed by atoms with E-state index in [0.717, 1.165) is 23.5 Å². The van der Waals surface area contributed by atoms with Crippen molar-refractivity contribution < 1.29 is 17.9 Å². The summed E-state index contributed by atoms with van der Waals surface area (Å²) in [6.45, 7) is 3.69. The summed E-state index contributed by atoms with van der Waals surface area (Å²) in [5.41, 5.74) is 0.783. The molecule has 19 heavy (non-hydrogen) atoms. The van der Waals surface area contributed by atoms with E-state index in [9.17, 15) is 13.2 Å². The van der Waals surface area contributed by atoms with Gasteiger partial charge in [-0.25, -0.2) is 9.97 Å². The van der Waals surface area contributed by atoms with Crippen molar-refractivity contribution in [2.75, 3.05) is 0 Å². The molecule has 0 bridgehead atoms. The third-order valence-corrected chi connectivity index (χ3v) is 2.32. The fourth-order valence-electron chi connectivity index (χ4n) is 1.59. The van der Waals surface area contributed by atoms with E-state index < -0.39 is 11.9 Å². The minimum absolute atomic E-state index is 0.213. The van der Waals surface area contributed by atoms with Gasteiger partial charge in [0.1, 0.15) is 11.4 Å². The van der Waals surface area contributed by atoms with Crippen molar-refractivity contribution in [1.29, 1.82) is 0 Å². The first-order valence-corrected chi connectivity index (χ1v) is 5.51. The highest BCUT2D eigenvalue weighted by atomic mass is 19.4. The molecule has 0 spiro atoms. The maximum Gasteiger partial charge on any atom is 0.433 e. The van der Waals surface area contributed by atoms with Crippen LogP contribution < -0.4 is 4.74 Å². The van der Waals surface area contributed by atoms with Crippen LogP contribution in [-0.4, -0.2) is 9.97 Å². The highest BCUT2D eigenvalue weighted by Gasteiger charge is 2.32. The second kappa shape index (κ2) is 4.87. The van der Waals surface area contributed by atoms with Crippen LogP contribution in [0.15, 0.2) is 30.5 Å². The molecule has 0 unspecified atom stereocenters. The van der Waals surface area contributed by atoms with E-state index >= 15 is 0 Å². The molecule has 0 aliphatic rings. The van der Waals surface area contributed by atoms with E-state index in [-0.39, 0.29) is 5.75 Å². The molecule has 0 saturated heterocycles. The molecular formula is C13H11F3N2O. The zero-order valence-corrected chi connectivity index (χ0v) is 10.3. The zero-order valence-electron chi connectivity index (χ0n) is 10.3. The van der Waals surface area contributed by atoms with Crippen LogP contribution in [0.2, 0.25) is 0 Å². The Balaban J connectivity index is 2.20. The minimum atomic E-state index is -4.45. The Morgan fingerprint density at radius 3 is 2.37 bits per heavy atom. The standard InChI is InChI=1S/C13H11F3N2O/c1-8-5-9(2)18-12(6-8)19-10-3-4-11(17-7-10)13(14,15)16/h3-7H,1-2H3. The van der Waals surface area contributed by atoms with Gasteiger partial charge in [0.05, 0.1) is 6.20 Å². The molecule has 0 aliphatic carbocycles. The summed E-state index contributed by atoms with van der Waals surface area (Å²) in [7, 11) is 0. The second-order valence-electron chi connectivity index (χ2n) is 4.10. The Morgan fingerprint density at radius 2 is 1.84 bits per heavy atom. The molecule has 2 heterocycles. The van der Waals surface area contributed by atoms with Crippen molar-refractivity contribution in [2.24, 2.45) is 0 Å². The number of hydrogen-bond donors (Lipinski definition) is 0. The molecule has 0 aliphatic heterocycles. The molecular weight excluding hydrogens is 257 g/mol. The predicted octanol–water partition coefficient (Wildman–Crippen LogP) is 3.90. The van der Waals surface area contributed by atoms with Gasteiger partial charge in [0.2, 0.25) is 5.88 Å². The monoisotopic (exact) mass is 268 g/mol. The second-order valence-corrected chi connectivity index (χ2v) is 4.10. The Hall–Kier alpha value is -2.11. The molecule has 0 saturated carbocycles. The quantitative estimate of drug-likeness (QED) is 0.828. The molecule has 0 radical (unpaired) electrons. The Kier molecular flexibility index (Phi) is 3.42. The van der Waals surface area contributed by atoms with Crippen molar-refractivity contribution in [3.05, 3.63) is 47.4 Å². The summed E-state index contributed by atoms with van der Waals surface area (Å²) in [5.74, 6) is 0.546. The molecule has 0 atom stereocenters. The van der Waals surface area contributed by atoms with Gasteiger partial charge in [-0.1, -0.05) is 0 Å². The van der Waals surface area contributed by atoms with E-state index in [1.54, 1.807) is 6.07 Å². The first kappa shape index (κ1) is 13.3. The number of pyridine rings is 2. The van der Waals surface area contributed by atoms with Crippen LogP contribution >= 0.6 is 0 Å². The number of halogens is 3. The third kappa shape index (κ3) is 3.43. The maximum atomic E-state index is 12.3. The largest absolute Gasteiger partial charge is 0.437 e. The lowest BCUT2D eigenvalue weighted by Crippen LogP contribution is -2.07. The fourth-order valence-corrected chi connectivity index (χ4v) is 1.59. The summed E-state index contributed by atoms with van der Waals surface area (Å²) in [6.07, 6.45) is -3.42. The lowest BCUT2D eigenvalue weighted by molar-refractivity contribution is -0.141. The van der Waals surface area contributed by atoms with Crippen molar-refractivity contribution in [3.63, 3.8) is 0 Å². The molecule has 0 N–H and O–H groups in total. The van der Waals surface area contributed by atoms with Crippen molar-refractivity contribution in [1.82, 2.24) is 9.97 Å². The van der Waals surface area contributed by atoms with Gasteiger partial charge in [0, 0.05) is 11.8 Å². The number of rotatable bonds is 2. The molecule has 0 aromatic carbocycles. The average Bonchev–Trinajstić information content (AvgIpc) is 2.26. The fraction of sp³-hybridized carbons (Fsp3) is 0.231. The van der Waals surface area contributed by atoms with Crippen molar-refractivity contribution in [3.8, 4) is 11.6 Å². The van der Waals surface area contributed by atoms with Crippen LogP contribution in [-0.2, 0) is 6.18 Å². The number of aryl methyl sites for hydroxylation is 2. The average molecular weight is 268 g/mol. The van der Waals surface area contributed by atoms with Gasteiger partial charge in [0.15, 0.2) is 0 Å². The summed E-state index contributed by atoms with van der Waals surface area (Å²) < 4.78 is 42.4. The normalized spacial score (nSPS) is 11.4. The Labute approximate surface area is 108 Å². The van der Waals surface area contributed by atoms with Gasteiger partial charge in [-0.15, -0.1) is 0 Å². The number of ether oxygens (including phenoxy) is 1. The zero-order chi connectivity index (χ0) is 14.0. The first-order chi connectivity index (χ1) is 8.84. The van der Waals surface area contributed by atoms with Gasteiger partial charge in [-0.3, -0.25) is 0 Å². The molecule has 100 valence electrons. The van der Waals surface area contributed by atoms with E-state index in [1.807, 2.05) is 19.9 Å². The number of alkyl halides is 3. The highest BCUT2D eigenvalue weighted by molar-refractivity contribution is 5.29. The lowest BCUT2D eigenvalue weighted by atomic mass is 10.2. The lowest BCUT2D eigenvalue weighted by Gasteiger charge is -2.08. The van der Waals surface area contributed by atoms with Crippen molar-refractivity contribution in [2.45, 2.75) is 20.0 Å². The predicted molar refractivity (Wildman–Crippen MR) is 63.0 cm³/mol. The molecule has 2 rings (SSSR count). The number of aromatic nitrogens is 2. The van der Waals surface area contributed by atoms with Gasteiger partial charge in [0.25, 0.3) is 0 Å². The van der Waals surface area contributed by atoms with Crippen LogP contribution in [0.3, 0.4) is 0 Å². The van der Waals surface area contributed by atoms with Crippen LogP contribution in [0.5, 0.6) is 11.6 Å². The Bertz CT molecular complexity index is 559. The smallest absolute Gasteiger partial charge is 0.433 e. The number of nitrogens with zero attached hydrogens (tertiary/aromatic N) is 2. The molecule has 0 amide bonds. The molecule has 3 nitrogen and oxygen atoms in total. The molecule has 0 fully saturated rings. The minimum Gasteiger partial charge on any atom is -0.437 e. The van der Waals surface area contributed by atoms with Gasteiger partial charge < -0.3 is 4.74 Å². The van der Waals surface area contributed by atoms with Gasteiger partial charge >= 0.3 is 6.18 Å². The van der Waals surface area contributed by atoms with E-state index in [4.69, 9.17) is 4.74 Å². The Morgan fingerprint density at radius 1 is 1.11 bits per heavy atom. The topological polar surface area (TPSA) is 35.0 Å². The van der Waals surface area contributed by atoms with Crippen LogP contribution in [0.1, 0.15) is 17.0 Å². The van der Waals surface area contributed by atoms with E-state index in [2.05, 4.69) is 9.97 Å². The number of hydrogen-bond acceptors (Lipinski definition) is 3. The maximum absolute atomic E-state index is 12.3. The first-order valence-electron chi connectivity index (χ1n) is 5.51. The molecule has 2 aromatic rings. The third-order valence-electron chi connectivity index (χ3n) is 2.32. The highest BCUT2D eigenvalue weighted by Crippen LogP contribution is 2.29. The van der Waals surface area contributed by atoms with Gasteiger partial charge in [-0.05, 0) is 37.6 Å². The summed E-state index contributed by atoms with van der Waals surface area (Å²) in [6, 6.07) is 5.66. The SMILES string of the molecule is Cc1cc(C)nc(Oc2ccc(C(F)(F)F)nc2)c1. The molecule has 6 heteroatoms. The summed E-state index contributed by atoms with van der Waals surface area (Å²) in [5, 5.41) is 0. The van der Waals surface area contributed by atoms with Crippen LogP contribution in [0.4, 0.5) is 13.2 Å². The van der Waals surface area contributed by atoms with Crippen LogP contribution in [0, 0.1) is 13.8 Å². The summed E-state index contributed by atoms with van der Waals surface area (Å²) in [4.78, 5) is 7.44. The van der Waals surface area contributed by atoms with E-state index in [1.165, 1.54) is 6.07 Å². The molecule has 2 aromatic heterocycles. The van der Waals surface area contributed by atoms with Crippen LogP contribution in [0.25, 0.3) is 0 Å². The summed E-state index contributed by atoms with van der Waals surface area (Å²) >= 11 is 0. The van der Waals surface area contributed by atoms with E-state index in [0.29, 0.717) is 5.88 Å². The van der Waals surface area contributed by atoms with Crippen molar-refractivity contribution >= 4 is 0 Å².